The summed E-state index contributed by atoms with van der Waals surface area (Å²) >= 11 is 1.74. The van der Waals surface area contributed by atoms with Crippen molar-refractivity contribution in [1.82, 2.24) is 9.88 Å². The Morgan fingerprint density at radius 2 is 1.75 bits per heavy atom. The van der Waals surface area contributed by atoms with Crippen LogP contribution in [0.3, 0.4) is 0 Å². The lowest BCUT2D eigenvalue weighted by molar-refractivity contribution is -0.132. The van der Waals surface area contributed by atoms with E-state index in [-0.39, 0.29) is 30.3 Å². The van der Waals surface area contributed by atoms with Crippen LogP contribution in [0.5, 0.6) is 0 Å². The second-order valence-electron chi connectivity index (χ2n) is 7.10. The van der Waals surface area contributed by atoms with Gasteiger partial charge in [0.05, 0.1) is 15.2 Å². The number of amides is 1. The number of Topliss-reactive ketones (excluding diaryl/α,β-unsaturated/α-hetero) is 1. The van der Waals surface area contributed by atoms with Crippen LogP contribution in [-0.2, 0) is 4.79 Å². The summed E-state index contributed by atoms with van der Waals surface area (Å²) in [6, 6.07) is 13.6. The Morgan fingerprint density at radius 1 is 1.04 bits per heavy atom. The fourth-order valence-corrected chi connectivity index (χ4v) is 4.74. The summed E-state index contributed by atoms with van der Waals surface area (Å²) < 4.78 is 14.1. The highest BCUT2D eigenvalue weighted by Crippen LogP contribution is 2.33. The molecule has 1 aromatic heterocycles. The Kier molecular flexibility index (Phi) is 5.48. The van der Waals surface area contributed by atoms with Gasteiger partial charge in [0.2, 0.25) is 5.91 Å². The molecule has 0 spiro atoms. The Bertz CT molecular complexity index is 958. The molecule has 2 heterocycles. The third kappa shape index (κ3) is 4.12. The zero-order chi connectivity index (χ0) is 19.5. The number of thiazole rings is 1. The van der Waals surface area contributed by atoms with Gasteiger partial charge < -0.3 is 4.90 Å². The number of aromatic nitrogens is 1. The van der Waals surface area contributed by atoms with Gasteiger partial charge in [-0.2, -0.15) is 0 Å². The summed E-state index contributed by atoms with van der Waals surface area (Å²) in [6.45, 7) is 1.40. The van der Waals surface area contributed by atoms with Crippen molar-refractivity contribution >= 4 is 33.2 Å². The molecule has 0 unspecified atom stereocenters. The van der Waals surface area contributed by atoms with E-state index >= 15 is 0 Å². The normalized spacial score (nSPS) is 15.1. The van der Waals surface area contributed by atoms with Gasteiger partial charge in [-0.1, -0.05) is 12.1 Å². The predicted molar refractivity (Wildman–Crippen MR) is 108 cm³/mol. The maximum absolute atomic E-state index is 12.9. The topological polar surface area (TPSA) is 50.3 Å². The standard InChI is InChI=1S/C22H21FN2O2S/c23-17-7-5-15(6-8-17)19(26)9-10-21(27)25-13-11-16(12-14-25)22-24-18-3-1-2-4-20(18)28-22/h1-8,16H,9-14H2. The molecule has 0 aliphatic carbocycles. The molecule has 0 radical (unpaired) electrons. The first-order valence-corrected chi connectivity index (χ1v) is 10.3. The quantitative estimate of drug-likeness (QED) is 0.582. The van der Waals surface area contributed by atoms with Crippen molar-refractivity contribution in [3.8, 4) is 0 Å². The van der Waals surface area contributed by atoms with Gasteiger partial charge in [-0.05, 0) is 49.2 Å². The summed E-state index contributed by atoms with van der Waals surface area (Å²) in [6.07, 6.45) is 2.15. The first-order chi connectivity index (χ1) is 13.6. The van der Waals surface area contributed by atoms with Gasteiger partial charge in [0.1, 0.15) is 5.82 Å². The molecule has 1 amide bonds. The van der Waals surface area contributed by atoms with Gasteiger partial charge in [0, 0.05) is 37.4 Å². The van der Waals surface area contributed by atoms with Crippen LogP contribution in [0, 0.1) is 5.82 Å². The maximum atomic E-state index is 12.9. The van der Waals surface area contributed by atoms with Crippen LogP contribution in [0.4, 0.5) is 4.39 Å². The van der Waals surface area contributed by atoms with Gasteiger partial charge in [-0.25, -0.2) is 9.37 Å². The first kappa shape index (κ1) is 18.7. The number of piperidine rings is 1. The second-order valence-corrected chi connectivity index (χ2v) is 8.17. The number of para-hydroxylation sites is 1. The minimum atomic E-state index is -0.372. The molecule has 144 valence electrons. The molecular formula is C22H21FN2O2S. The zero-order valence-corrected chi connectivity index (χ0v) is 16.3. The molecule has 1 saturated heterocycles. The van der Waals surface area contributed by atoms with Gasteiger partial charge in [0.15, 0.2) is 5.78 Å². The SMILES string of the molecule is O=C(CCC(=O)N1CCC(c2nc3ccccc3s2)CC1)c1ccc(F)cc1. The first-order valence-electron chi connectivity index (χ1n) is 9.52. The van der Waals surface area contributed by atoms with Crippen LogP contribution in [0.1, 0.15) is 47.0 Å². The number of carbonyl (C=O) groups is 2. The summed E-state index contributed by atoms with van der Waals surface area (Å²) in [7, 11) is 0. The molecule has 1 fully saturated rings. The third-order valence-electron chi connectivity index (χ3n) is 5.24. The van der Waals surface area contributed by atoms with E-state index in [9.17, 15) is 14.0 Å². The van der Waals surface area contributed by atoms with Crippen LogP contribution in [0.25, 0.3) is 10.2 Å². The van der Waals surface area contributed by atoms with Crippen LogP contribution >= 0.6 is 11.3 Å². The van der Waals surface area contributed by atoms with E-state index in [1.807, 2.05) is 23.1 Å². The molecule has 3 aromatic rings. The number of carbonyl (C=O) groups excluding carboxylic acids is 2. The van der Waals surface area contributed by atoms with Crippen molar-refractivity contribution in [2.75, 3.05) is 13.1 Å². The minimum Gasteiger partial charge on any atom is -0.343 e. The summed E-state index contributed by atoms with van der Waals surface area (Å²) in [4.78, 5) is 31.2. The van der Waals surface area contributed by atoms with Crippen LogP contribution < -0.4 is 0 Å². The van der Waals surface area contributed by atoms with Crippen molar-refractivity contribution in [3.63, 3.8) is 0 Å². The van der Waals surface area contributed by atoms with Crippen molar-refractivity contribution in [3.05, 3.63) is 64.9 Å². The fraction of sp³-hybridized carbons (Fsp3) is 0.318. The number of hydrogen-bond acceptors (Lipinski definition) is 4. The monoisotopic (exact) mass is 396 g/mol. The lowest BCUT2D eigenvalue weighted by Crippen LogP contribution is -2.38. The predicted octanol–water partition coefficient (Wildman–Crippen LogP) is 4.80. The molecular weight excluding hydrogens is 375 g/mol. The van der Waals surface area contributed by atoms with E-state index < -0.39 is 0 Å². The minimum absolute atomic E-state index is 0.0122. The van der Waals surface area contributed by atoms with Crippen molar-refractivity contribution < 1.29 is 14.0 Å². The van der Waals surface area contributed by atoms with Crippen molar-refractivity contribution in [1.29, 1.82) is 0 Å². The Hall–Kier alpha value is -2.60. The Morgan fingerprint density at radius 3 is 2.46 bits per heavy atom. The number of fused-ring (bicyclic) bond motifs is 1. The molecule has 0 N–H and O–H groups in total. The van der Waals surface area contributed by atoms with E-state index in [1.54, 1.807) is 11.3 Å². The molecule has 2 aromatic carbocycles. The summed E-state index contributed by atoms with van der Waals surface area (Å²) in [5.41, 5.74) is 1.49. The molecule has 0 atom stereocenters. The van der Waals surface area contributed by atoms with Gasteiger partial charge >= 0.3 is 0 Å². The van der Waals surface area contributed by atoms with Crippen LogP contribution in [0.2, 0.25) is 0 Å². The molecule has 4 nitrogen and oxygen atoms in total. The molecule has 28 heavy (non-hydrogen) atoms. The average Bonchev–Trinajstić information content (AvgIpc) is 3.16. The average molecular weight is 396 g/mol. The zero-order valence-electron chi connectivity index (χ0n) is 15.4. The van der Waals surface area contributed by atoms with Crippen molar-refractivity contribution in [2.45, 2.75) is 31.6 Å². The highest BCUT2D eigenvalue weighted by molar-refractivity contribution is 7.18. The molecule has 6 heteroatoms. The fourth-order valence-electron chi connectivity index (χ4n) is 3.60. The van der Waals surface area contributed by atoms with Gasteiger partial charge in [-0.3, -0.25) is 9.59 Å². The molecule has 1 aliphatic heterocycles. The Balaban J connectivity index is 1.29. The van der Waals surface area contributed by atoms with Crippen molar-refractivity contribution in [2.24, 2.45) is 0 Å². The molecule has 0 bridgehead atoms. The van der Waals surface area contributed by atoms with E-state index in [2.05, 4.69) is 6.07 Å². The number of halogens is 1. The number of rotatable bonds is 5. The van der Waals surface area contributed by atoms with Crippen LogP contribution in [-0.4, -0.2) is 34.7 Å². The van der Waals surface area contributed by atoms with E-state index in [4.69, 9.17) is 4.98 Å². The third-order valence-corrected chi connectivity index (χ3v) is 6.44. The molecule has 0 saturated carbocycles. The smallest absolute Gasteiger partial charge is 0.223 e. The number of ketones is 1. The lowest BCUT2D eigenvalue weighted by atomic mass is 9.97. The second kappa shape index (κ2) is 8.19. The van der Waals surface area contributed by atoms with Gasteiger partial charge in [-0.15, -0.1) is 11.3 Å². The van der Waals surface area contributed by atoms with Crippen LogP contribution in [0.15, 0.2) is 48.5 Å². The summed E-state index contributed by atoms with van der Waals surface area (Å²) in [5.74, 6) is -0.0955. The molecule has 4 rings (SSSR count). The summed E-state index contributed by atoms with van der Waals surface area (Å²) in [5, 5.41) is 1.15. The number of benzene rings is 2. The highest BCUT2D eigenvalue weighted by Gasteiger charge is 2.26. The number of likely N-dealkylation sites (tertiary alicyclic amines) is 1. The van der Waals surface area contributed by atoms with E-state index in [0.29, 0.717) is 24.6 Å². The highest BCUT2D eigenvalue weighted by atomic mass is 32.1. The van der Waals surface area contributed by atoms with E-state index in [0.717, 1.165) is 23.4 Å². The van der Waals surface area contributed by atoms with Gasteiger partial charge in [0.25, 0.3) is 0 Å². The lowest BCUT2D eigenvalue weighted by Gasteiger charge is -2.31. The molecule has 1 aliphatic rings. The number of nitrogens with zero attached hydrogens (tertiary/aromatic N) is 2. The van der Waals surface area contributed by atoms with E-state index in [1.165, 1.54) is 29.0 Å². The number of hydrogen-bond donors (Lipinski definition) is 0. The maximum Gasteiger partial charge on any atom is 0.223 e. The Labute approximate surface area is 167 Å². The largest absolute Gasteiger partial charge is 0.343 e.